The Morgan fingerprint density at radius 2 is 1.89 bits per heavy atom. The van der Waals surface area contributed by atoms with E-state index in [2.05, 4.69) is 15.5 Å². The Morgan fingerprint density at radius 3 is 2.56 bits per heavy atom. The van der Waals surface area contributed by atoms with Gasteiger partial charge in [-0.2, -0.15) is 0 Å². The van der Waals surface area contributed by atoms with Gasteiger partial charge in [0.2, 0.25) is 11.9 Å². The van der Waals surface area contributed by atoms with Gasteiger partial charge in [-0.15, -0.1) is 0 Å². The lowest BCUT2D eigenvalue weighted by Gasteiger charge is -2.37. The molecule has 3 heterocycles. The molecule has 2 saturated heterocycles. The Morgan fingerprint density at radius 1 is 1.19 bits per heavy atom. The molecular weight excluding hydrogens is 364 g/mol. The number of likely N-dealkylation sites (tertiary alicyclic amines) is 1. The molecule has 7 nitrogen and oxygen atoms in total. The first kappa shape index (κ1) is 18.3. The number of anilines is 1. The normalized spacial score (nSPS) is 22.1. The lowest BCUT2D eigenvalue weighted by Crippen LogP contribution is -2.46. The van der Waals surface area contributed by atoms with Crippen molar-refractivity contribution in [2.75, 3.05) is 36.5 Å². The number of rotatable bonds is 4. The van der Waals surface area contributed by atoms with Crippen LogP contribution in [0.1, 0.15) is 19.3 Å². The summed E-state index contributed by atoms with van der Waals surface area (Å²) in [6, 6.07) is 8.32. The average Bonchev–Trinajstić information content (AvgIpc) is 3.14. The summed E-state index contributed by atoms with van der Waals surface area (Å²) in [5, 5.41) is 0. The largest absolute Gasteiger partial charge is 0.342 e. The zero-order chi connectivity index (χ0) is 19.2. The van der Waals surface area contributed by atoms with Gasteiger partial charge >= 0.3 is 0 Å². The van der Waals surface area contributed by atoms with Crippen molar-refractivity contribution in [3.05, 3.63) is 24.3 Å². The topological polar surface area (TPSA) is 75.5 Å². The van der Waals surface area contributed by atoms with Crippen LogP contribution in [0, 0.1) is 5.92 Å². The summed E-state index contributed by atoms with van der Waals surface area (Å²) in [5.41, 5.74) is 2.11. The third-order valence-corrected chi connectivity index (χ3v) is 6.81. The number of piperidine rings is 1. The molecule has 0 N–H and O–H groups in total. The Labute approximate surface area is 159 Å². The van der Waals surface area contributed by atoms with E-state index in [1.54, 1.807) is 0 Å². The van der Waals surface area contributed by atoms with Crippen molar-refractivity contribution in [2.45, 2.75) is 25.3 Å². The highest BCUT2D eigenvalue weighted by Crippen LogP contribution is 2.29. The molecule has 1 unspecified atom stereocenters. The van der Waals surface area contributed by atoms with Crippen LogP contribution >= 0.6 is 0 Å². The lowest BCUT2D eigenvalue weighted by molar-refractivity contribution is -0.130. The number of nitrogens with zero attached hydrogens (tertiary/aromatic N) is 4. The molecule has 4 rings (SSSR count). The van der Waals surface area contributed by atoms with Gasteiger partial charge in [0.1, 0.15) is 9.84 Å². The number of carbonyl (C=O) groups is 1. The maximum Gasteiger partial charge on any atom is 0.223 e. The number of imidazole rings is 1. The minimum absolute atomic E-state index is 0.0645. The molecule has 1 aromatic carbocycles. The molecule has 0 aliphatic carbocycles. The number of fused-ring (bicyclic) bond motifs is 1. The fraction of sp³-hybridized carbons (Fsp3) is 0.579. The van der Waals surface area contributed by atoms with Gasteiger partial charge in [-0.3, -0.25) is 4.79 Å². The summed E-state index contributed by atoms with van der Waals surface area (Å²) < 4.78 is 25.2. The zero-order valence-corrected chi connectivity index (χ0v) is 16.7. The molecule has 2 aliphatic rings. The third-order valence-electron chi connectivity index (χ3n) is 5.73. The second-order valence-corrected chi connectivity index (χ2v) is 10.1. The average molecular weight is 391 g/mol. The summed E-state index contributed by atoms with van der Waals surface area (Å²) in [6.07, 6.45) is 3.38. The van der Waals surface area contributed by atoms with Crippen LogP contribution in [0.3, 0.4) is 0 Å². The maximum atomic E-state index is 12.4. The van der Waals surface area contributed by atoms with E-state index < -0.39 is 9.84 Å². The predicted molar refractivity (Wildman–Crippen MR) is 105 cm³/mol. The van der Waals surface area contributed by atoms with Crippen LogP contribution in [-0.2, 0) is 21.7 Å². The molecule has 0 radical (unpaired) electrons. The molecule has 8 heteroatoms. The van der Waals surface area contributed by atoms with Crippen molar-refractivity contribution in [1.29, 1.82) is 0 Å². The van der Waals surface area contributed by atoms with Crippen LogP contribution in [0.25, 0.3) is 11.0 Å². The van der Waals surface area contributed by atoms with Gasteiger partial charge in [0, 0.05) is 45.4 Å². The molecule has 1 atom stereocenters. The minimum atomic E-state index is -3.05. The summed E-state index contributed by atoms with van der Waals surface area (Å²) >= 11 is 0. The molecule has 146 valence electrons. The molecule has 0 saturated carbocycles. The Bertz CT molecular complexity index is 960. The summed E-state index contributed by atoms with van der Waals surface area (Å²) in [4.78, 5) is 21.4. The third kappa shape index (κ3) is 3.67. The molecule has 2 aromatic rings. The van der Waals surface area contributed by atoms with E-state index in [0.29, 0.717) is 13.0 Å². The van der Waals surface area contributed by atoms with Gasteiger partial charge in [0.05, 0.1) is 16.8 Å². The van der Waals surface area contributed by atoms with Crippen molar-refractivity contribution >= 4 is 32.7 Å². The maximum absolute atomic E-state index is 12.4. The van der Waals surface area contributed by atoms with Crippen molar-refractivity contribution in [3.63, 3.8) is 0 Å². The number of hydrogen-bond donors (Lipinski definition) is 0. The van der Waals surface area contributed by atoms with Crippen LogP contribution in [0.2, 0.25) is 0 Å². The standard InChI is InChI=1S/C19H26N4O3S/c1-21-17-6-4-3-5-16(17)20-19(21)22-9-7-15(8-10-22)23-12-14(11-18(23)24)13-27(2,25)26/h3-6,14-15H,7-13H2,1-2H3. The molecule has 0 bridgehead atoms. The molecule has 1 amide bonds. The number of aryl methyl sites for hydroxylation is 1. The first-order valence-electron chi connectivity index (χ1n) is 9.45. The smallest absolute Gasteiger partial charge is 0.223 e. The van der Waals surface area contributed by atoms with Crippen LogP contribution in [-0.4, -0.2) is 66.5 Å². The van der Waals surface area contributed by atoms with Gasteiger partial charge in [-0.1, -0.05) is 12.1 Å². The minimum Gasteiger partial charge on any atom is -0.342 e. The number of carbonyl (C=O) groups excluding carboxylic acids is 1. The number of amides is 1. The fourth-order valence-electron chi connectivity index (χ4n) is 4.49. The van der Waals surface area contributed by atoms with E-state index >= 15 is 0 Å². The molecule has 1 aromatic heterocycles. The molecule has 2 aliphatic heterocycles. The second-order valence-electron chi connectivity index (χ2n) is 7.89. The van der Waals surface area contributed by atoms with E-state index in [1.807, 2.05) is 30.1 Å². The molecular formula is C19H26N4O3S. The first-order chi connectivity index (χ1) is 12.8. The van der Waals surface area contributed by atoms with E-state index in [0.717, 1.165) is 42.9 Å². The van der Waals surface area contributed by atoms with Crippen LogP contribution in [0.4, 0.5) is 5.95 Å². The van der Waals surface area contributed by atoms with E-state index in [9.17, 15) is 13.2 Å². The number of para-hydroxylation sites is 2. The first-order valence-corrected chi connectivity index (χ1v) is 11.5. The predicted octanol–water partition coefficient (Wildman–Crippen LogP) is 1.44. The van der Waals surface area contributed by atoms with Gasteiger partial charge in [-0.05, 0) is 30.9 Å². The summed E-state index contributed by atoms with van der Waals surface area (Å²) in [6.45, 7) is 2.27. The van der Waals surface area contributed by atoms with Gasteiger partial charge in [0.15, 0.2) is 0 Å². The highest BCUT2D eigenvalue weighted by molar-refractivity contribution is 7.90. The van der Waals surface area contributed by atoms with Crippen LogP contribution < -0.4 is 4.90 Å². The zero-order valence-electron chi connectivity index (χ0n) is 15.8. The number of hydrogen-bond acceptors (Lipinski definition) is 5. The monoisotopic (exact) mass is 390 g/mol. The quantitative estimate of drug-likeness (QED) is 0.790. The van der Waals surface area contributed by atoms with Crippen LogP contribution in [0.5, 0.6) is 0 Å². The van der Waals surface area contributed by atoms with Crippen LogP contribution in [0.15, 0.2) is 24.3 Å². The van der Waals surface area contributed by atoms with Crippen molar-refractivity contribution in [3.8, 4) is 0 Å². The molecule has 27 heavy (non-hydrogen) atoms. The Balaban J connectivity index is 1.41. The highest BCUT2D eigenvalue weighted by atomic mass is 32.2. The van der Waals surface area contributed by atoms with Crippen molar-refractivity contribution < 1.29 is 13.2 Å². The van der Waals surface area contributed by atoms with Crippen molar-refractivity contribution in [2.24, 2.45) is 13.0 Å². The van der Waals surface area contributed by atoms with Gasteiger partial charge < -0.3 is 14.4 Å². The van der Waals surface area contributed by atoms with Gasteiger partial charge in [-0.25, -0.2) is 13.4 Å². The van der Waals surface area contributed by atoms with E-state index in [-0.39, 0.29) is 23.6 Å². The fourth-order valence-corrected chi connectivity index (χ4v) is 5.57. The molecule has 2 fully saturated rings. The Kier molecular flexibility index (Phi) is 4.61. The second kappa shape index (κ2) is 6.82. The van der Waals surface area contributed by atoms with E-state index in [1.165, 1.54) is 6.26 Å². The Hall–Kier alpha value is -2.09. The van der Waals surface area contributed by atoms with Gasteiger partial charge in [0.25, 0.3) is 0 Å². The molecule has 0 spiro atoms. The van der Waals surface area contributed by atoms with Crippen molar-refractivity contribution in [1.82, 2.24) is 14.5 Å². The van der Waals surface area contributed by atoms with E-state index in [4.69, 9.17) is 4.98 Å². The summed E-state index contributed by atoms with van der Waals surface area (Å²) in [7, 11) is -1.01. The lowest BCUT2D eigenvalue weighted by atomic mass is 10.0. The SMILES string of the molecule is Cn1c(N2CCC(N3CC(CS(C)(=O)=O)CC3=O)CC2)nc2ccccc21. The highest BCUT2D eigenvalue weighted by Gasteiger charge is 2.37. The number of benzene rings is 1. The number of aromatic nitrogens is 2. The number of sulfone groups is 1. The summed E-state index contributed by atoms with van der Waals surface area (Å²) in [5.74, 6) is 1.11.